The van der Waals surface area contributed by atoms with E-state index in [1.807, 2.05) is 38.1 Å². The van der Waals surface area contributed by atoms with E-state index in [1.54, 1.807) is 16.6 Å². The van der Waals surface area contributed by atoms with Crippen LogP contribution in [-0.2, 0) is 16.1 Å². The topological polar surface area (TPSA) is 92.2 Å². The molecule has 0 saturated heterocycles. The Bertz CT molecular complexity index is 844. The second-order valence-corrected chi connectivity index (χ2v) is 6.72. The fraction of sp³-hybridized carbons (Fsp3) is 0.474. The molecule has 0 atom stereocenters. The van der Waals surface area contributed by atoms with Gasteiger partial charge in [-0.15, -0.1) is 0 Å². The fourth-order valence-corrected chi connectivity index (χ4v) is 2.91. The number of amides is 2. The maximum atomic E-state index is 12.9. The van der Waals surface area contributed by atoms with Gasteiger partial charge in [-0.2, -0.15) is 5.10 Å². The van der Waals surface area contributed by atoms with Gasteiger partial charge in [0.2, 0.25) is 11.8 Å². The van der Waals surface area contributed by atoms with Crippen LogP contribution in [0.1, 0.15) is 26.7 Å². The SMILES string of the molecule is CCCNC(=O)CN(CCC)C(=O)Cn1c(-c2ccc(OC)cc2)n[nH]c1=S. The van der Waals surface area contributed by atoms with E-state index in [0.717, 1.165) is 24.2 Å². The minimum atomic E-state index is -0.180. The van der Waals surface area contributed by atoms with Crippen LogP contribution in [0.2, 0.25) is 0 Å². The van der Waals surface area contributed by atoms with E-state index >= 15 is 0 Å². The lowest BCUT2D eigenvalue weighted by Crippen LogP contribution is -2.42. The predicted octanol–water partition coefficient (Wildman–Crippen LogP) is 2.38. The molecule has 0 aliphatic carbocycles. The van der Waals surface area contributed by atoms with Crippen LogP contribution in [0.25, 0.3) is 11.4 Å². The summed E-state index contributed by atoms with van der Waals surface area (Å²) in [7, 11) is 1.60. The third-order valence-corrected chi connectivity index (χ3v) is 4.46. The molecule has 9 heteroatoms. The molecule has 0 spiro atoms. The summed E-state index contributed by atoms with van der Waals surface area (Å²) in [5, 5.41) is 9.80. The van der Waals surface area contributed by atoms with Crippen molar-refractivity contribution < 1.29 is 14.3 Å². The van der Waals surface area contributed by atoms with Crippen molar-refractivity contribution in [2.45, 2.75) is 33.2 Å². The van der Waals surface area contributed by atoms with E-state index in [-0.39, 0.29) is 24.9 Å². The summed E-state index contributed by atoms with van der Waals surface area (Å²) in [6.07, 6.45) is 1.61. The first kappa shape index (κ1) is 21.6. The molecule has 0 aliphatic heterocycles. The highest BCUT2D eigenvalue weighted by atomic mass is 32.1. The van der Waals surface area contributed by atoms with Crippen molar-refractivity contribution in [1.82, 2.24) is 25.0 Å². The van der Waals surface area contributed by atoms with Crippen LogP contribution >= 0.6 is 12.2 Å². The quantitative estimate of drug-likeness (QED) is 0.592. The van der Waals surface area contributed by atoms with Gasteiger partial charge in [0.05, 0.1) is 13.7 Å². The second-order valence-electron chi connectivity index (χ2n) is 6.33. The molecule has 2 rings (SSSR count). The van der Waals surface area contributed by atoms with Crippen LogP contribution in [0, 0.1) is 4.77 Å². The van der Waals surface area contributed by atoms with Gasteiger partial charge in [-0.25, -0.2) is 0 Å². The Labute approximate surface area is 169 Å². The summed E-state index contributed by atoms with van der Waals surface area (Å²) in [5.41, 5.74) is 0.809. The van der Waals surface area contributed by atoms with Crippen molar-refractivity contribution in [2.24, 2.45) is 0 Å². The molecule has 0 aliphatic rings. The number of rotatable bonds is 10. The highest BCUT2D eigenvalue weighted by Gasteiger charge is 2.19. The standard InChI is InChI=1S/C19H27N5O3S/c1-4-10-20-16(25)12-23(11-5-2)17(26)13-24-18(21-22-19(24)28)14-6-8-15(27-3)9-7-14/h6-9H,4-5,10-13H2,1-3H3,(H,20,25)(H,22,28). The third-order valence-electron chi connectivity index (χ3n) is 4.15. The van der Waals surface area contributed by atoms with Gasteiger partial charge < -0.3 is 15.0 Å². The number of aromatic amines is 1. The molecule has 0 bridgehead atoms. The Balaban J connectivity index is 2.18. The molecule has 28 heavy (non-hydrogen) atoms. The molecule has 0 fully saturated rings. The maximum Gasteiger partial charge on any atom is 0.243 e. The average Bonchev–Trinajstić information content (AvgIpc) is 3.06. The number of methoxy groups -OCH3 is 1. The average molecular weight is 406 g/mol. The van der Waals surface area contributed by atoms with Gasteiger partial charge in [0.25, 0.3) is 0 Å². The lowest BCUT2D eigenvalue weighted by atomic mass is 10.2. The molecule has 0 saturated carbocycles. The number of hydrogen-bond acceptors (Lipinski definition) is 5. The lowest BCUT2D eigenvalue weighted by Gasteiger charge is -2.22. The van der Waals surface area contributed by atoms with Gasteiger partial charge in [0, 0.05) is 18.7 Å². The molecular weight excluding hydrogens is 378 g/mol. The minimum absolute atomic E-state index is 0.0117. The summed E-state index contributed by atoms with van der Waals surface area (Å²) < 4.78 is 7.17. The van der Waals surface area contributed by atoms with Gasteiger partial charge in [0.1, 0.15) is 12.3 Å². The third kappa shape index (κ3) is 5.66. The first-order valence-corrected chi connectivity index (χ1v) is 9.75. The van der Waals surface area contributed by atoms with Gasteiger partial charge >= 0.3 is 0 Å². The number of ether oxygens (including phenoxy) is 1. The van der Waals surface area contributed by atoms with Crippen LogP contribution in [0.3, 0.4) is 0 Å². The molecule has 152 valence electrons. The van der Waals surface area contributed by atoms with Crippen LogP contribution in [0.15, 0.2) is 24.3 Å². The van der Waals surface area contributed by atoms with Gasteiger partial charge in [-0.05, 0) is 49.3 Å². The summed E-state index contributed by atoms with van der Waals surface area (Å²) in [5.74, 6) is 0.955. The van der Waals surface area contributed by atoms with Crippen molar-refractivity contribution in [3.05, 3.63) is 29.0 Å². The van der Waals surface area contributed by atoms with Crippen molar-refractivity contribution in [3.63, 3.8) is 0 Å². The molecule has 1 aromatic carbocycles. The molecule has 0 unspecified atom stereocenters. The summed E-state index contributed by atoms with van der Waals surface area (Å²) in [4.78, 5) is 26.5. The molecule has 1 heterocycles. The van der Waals surface area contributed by atoms with Crippen molar-refractivity contribution in [3.8, 4) is 17.1 Å². The van der Waals surface area contributed by atoms with E-state index in [4.69, 9.17) is 17.0 Å². The molecule has 0 radical (unpaired) electrons. The number of nitrogens with zero attached hydrogens (tertiary/aromatic N) is 3. The van der Waals surface area contributed by atoms with Crippen molar-refractivity contribution in [1.29, 1.82) is 0 Å². The number of hydrogen-bond donors (Lipinski definition) is 2. The number of aromatic nitrogens is 3. The van der Waals surface area contributed by atoms with Gasteiger partial charge in [-0.1, -0.05) is 13.8 Å². The van der Waals surface area contributed by atoms with Gasteiger partial charge in [0.15, 0.2) is 10.6 Å². The van der Waals surface area contributed by atoms with Gasteiger partial charge in [-0.3, -0.25) is 19.3 Å². The van der Waals surface area contributed by atoms with E-state index < -0.39 is 0 Å². The molecule has 2 N–H and O–H groups in total. The molecule has 2 amide bonds. The summed E-state index contributed by atoms with van der Waals surface area (Å²) >= 11 is 5.31. The lowest BCUT2D eigenvalue weighted by molar-refractivity contribution is -0.136. The normalized spacial score (nSPS) is 10.5. The zero-order chi connectivity index (χ0) is 20.5. The first-order chi connectivity index (χ1) is 13.5. The Morgan fingerprint density at radius 1 is 1.25 bits per heavy atom. The summed E-state index contributed by atoms with van der Waals surface area (Å²) in [6, 6.07) is 7.35. The van der Waals surface area contributed by atoms with E-state index in [1.165, 1.54) is 0 Å². The van der Waals surface area contributed by atoms with E-state index in [0.29, 0.717) is 23.7 Å². The molecular formula is C19H27N5O3S. The number of carbonyl (C=O) groups excluding carboxylic acids is 2. The van der Waals surface area contributed by atoms with E-state index in [2.05, 4.69) is 15.5 Å². The first-order valence-electron chi connectivity index (χ1n) is 9.34. The van der Waals surface area contributed by atoms with Crippen LogP contribution in [-0.4, -0.2) is 58.2 Å². The Kier molecular flexibility index (Phi) is 8.19. The van der Waals surface area contributed by atoms with Crippen molar-refractivity contribution >= 4 is 24.0 Å². The Morgan fingerprint density at radius 3 is 2.57 bits per heavy atom. The largest absolute Gasteiger partial charge is 0.497 e. The Morgan fingerprint density at radius 2 is 1.96 bits per heavy atom. The smallest absolute Gasteiger partial charge is 0.243 e. The summed E-state index contributed by atoms with van der Waals surface area (Å²) in [6.45, 7) is 5.10. The molecule has 1 aromatic heterocycles. The maximum absolute atomic E-state index is 12.9. The minimum Gasteiger partial charge on any atom is -0.497 e. The number of benzene rings is 1. The monoisotopic (exact) mass is 405 g/mol. The zero-order valence-electron chi connectivity index (χ0n) is 16.5. The van der Waals surface area contributed by atoms with Crippen molar-refractivity contribution in [2.75, 3.05) is 26.7 Å². The molecule has 8 nitrogen and oxygen atoms in total. The van der Waals surface area contributed by atoms with Crippen LogP contribution < -0.4 is 10.1 Å². The fourth-order valence-electron chi connectivity index (χ4n) is 2.72. The van der Waals surface area contributed by atoms with Crippen LogP contribution in [0.4, 0.5) is 0 Å². The molecule has 2 aromatic rings. The van der Waals surface area contributed by atoms with Crippen LogP contribution in [0.5, 0.6) is 5.75 Å². The van der Waals surface area contributed by atoms with E-state index in [9.17, 15) is 9.59 Å². The number of nitrogens with one attached hydrogen (secondary N) is 2. The number of carbonyl (C=O) groups is 2. The highest BCUT2D eigenvalue weighted by molar-refractivity contribution is 7.71. The Hall–Kier alpha value is -2.68. The number of H-pyrrole nitrogens is 1. The predicted molar refractivity (Wildman–Crippen MR) is 110 cm³/mol. The second kappa shape index (κ2) is 10.6. The zero-order valence-corrected chi connectivity index (χ0v) is 17.3. The highest BCUT2D eigenvalue weighted by Crippen LogP contribution is 2.21.